The molecule has 2 aromatic heterocycles. The molecule has 4 rings (SSSR count). The Kier molecular flexibility index (Phi) is 9.90. The fourth-order valence-electron chi connectivity index (χ4n) is 4.43. The molecule has 0 spiro atoms. The molecule has 0 aliphatic heterocycles. The van der Waals surface area contributed by atoms with Crippen LogP contribution in [0.25, 0.3) is 5.69 Å². The zero-order valence-electron chi connectivity index (χ0n) is 20.4. The van der Waals surface area contributed by atoms with Gasteiger partial charge in [0, 0.05) is 34.7 Å². The maximum Gasteiger partial charge on any atom is 0.433 e. The normalized spacial score (nSPS) is 17.5. The molecular formula is C25H32F3N5OS2. The van der Waals surface area contributed by atoms with E-state index in [0.29, 0.717) is 16.9 Å². The van der Waals surface area contributed by atoms with Crippen molar-refractivity contribution < 1.29 is 18.0 Å². The molecule has 1 fully saturated rings. The van der Waals surface area contributed by atoms with Crippen LogP contribution in [0.5, 0.6) is 0 Å². The number of anilines is 1. The van der Waals surface area contributed by atoms with Crippen LogP contribution < -0.4 is 10.6 Å². The molecule has 11 heteroatoms. The lowest BCUT2D eigenvalue weighted by Crippen LogP contribution is -2.40. The molecule has 0 atom stereocenters. The summed E-state index contributed by atoms with van der Waals surface area (Å²) in [5, 5.41) is 10.7. The van der Waals surface area contributed by atoms with E-state index in [1.807, 2.05) is 36.7 Å². The van der Waals surface area contributed by atoms with Gasteiger partial charge in [0.25, 0.3) is 5.91 Å². The number of hydrogen-bond donors (Lipinski definition) is 2. The van der Waals surface area contributed by atoms with Crippen LogP contribution >= 0.6 is 27.0 Å². The lowest BCUT2D eigenvalue weighted by Gasteiger charge is -2.30. The highest BCUT2D eigenvalue weighted by atomic mass is 32.1. The summed E-state index contributed by atoms with van der Waals surface area (Å²) in [6.07, 6.45) is -1.46. The average molecular weight is 540 g/mol. The zero-order chi connectivity index (χ0) is 24.5. The van der Waals surface area contributed by atoms with Crippen molar-refractivity contribution in [2.24, 2.45) is 0 Å². The molecule has 2 N–H and O–H groups in total. The van der Waals surface area contributed by atoms with Gasteiger partial charge in [-0.25, -0.2) is 9.67 Å². The van der Waals surface area contributed by atoms with Crippen LogP contribution in [0.1, 0.15) is 58.8 Å². The molecule has 36 heavy (non-hydrogen) atoms. The first-order valence-corrected chi connectivity index (χ1v) is 11.4. The third-order valence-corrected chi connectivity index (χ3v) is 6.06. The Morgan fingerprint density at radius 3 is 2.08 bits per heavy atom. The summed E-state index contributed by atoms with van der Waals surface area (Å²) in [5.74, 6) is -0.129. The highest BCUT2D eigenvalue weighted by Crippen LogP contribution is 2.31. The third-order valence-electron chi connectivity index (χ3n) is 6.06. The number of carbonyl (C=O) groups excluding carboxylic acids is 1. The summed E-state index contributed by atoms with van der Waals surface area (Å²) in [5.41, 5.74) is 3.30. The van der Waals surface area contributed by atoms with Crippen LogP contribution in [-0.4, -0.2) is 32.8 Å². The molecule has 1 aliphatic carbocycles. The number of rotatable bonds is 5. The molecule has 1 saturated carbocycles. The number of nitrogens with one attached hydrogen (secondary N) is 2. The summed E-state index contributed by atoms with van der Waals surface area (Å²) in [6.45, 7) is 5.47. The smallest absolute Gasteiger partial charge is 0.382 e. The second kappa shape index (κ2) is 12.1. The van der Waals surface area contributed by atoms with E-state index in [-0.39, 0.29) is 45.0 Å². The van der Waals surface area contributed by atoms with Crippen molar-refractivity contribution in [1.82, 2.24) is 20.1 Å². The number of alkyl halides is 3. The van der Waals surface area contributed by atoms with E-state index in [4.69, 9.17) is 0 Å². The largest absolute Gasteiger partial charge is 0.433 e. The molecule has 1 aliphatic rings. The summed E-state index contributed by atoms with van der Waals surface area (Å²) in [4.78, 5) is 16.3. The lowest BCUT2D eigenvalue weighted by atomic mass is 9.90. The molecule has 196 valence electrons. The Morgan fingerprint density at radius 1 is 0.917 bits per heavy atom. The zero-order valence-corrected chi connectivity index (χ0v) is 22.4. The van der Waals surface area contributed by atoms with Gasteiger partial charge in [0.15, 0.2) is 0 Å². The Hall–Kier alpha value is -2.66. The van der Waals surface area contributed by atoms with Crippen LogP contribution in [0.4, 0.5) is 18.9 Å². The van der Waals surface area contributed by atoms with Gasteiger partial charge in [0.1, 0.15) is 5.69 Å². The molecule has 0 bridgehead atoms. The molecule has 3 aromatic rings. The van der Waals surface area contributed by atoms with Gasteiger partial charge >= 0.3 is 6.18 Å². The molecule has 0 saturated heterocycles. The van der Waals surface area contributed by atoms with Crippen molar-refractivity contribution >= 4 is 38.6 Å². The van der Waals surface area contributed by atoms with Crippen LogP contribution in [0.3, 0.4) is 0 Å². The van der Waals surface area contributed by atoms with Crippen molar-refractivity contribution in [3.8, 4) is 5.69 Å². The first-order chi connectivity index (χ1) is 16.1. The van der Waals surface area contributed by atoms with Crippen LogP contribution in [0.2, 0.25) is 0 Å². The van der Waals surface area contributed by atoms with Gasteiger partial charge in [-0.15, -0.1) is 0 Å². The highest BCUT2D eigenvalue weighted by molar-refractivity contribution is 7.59. The number of carbonyl (C=O) groups is 1. The van der Waals surface area contributed by atoms with Gasteiger partial charge in [0.2, 0.25) is 0 Å². The van der Waals surface area contributed by atoms with E-state index in [0.717, 1.165) is 48.8 Å². The molecule has 1 aromatic carbocycles. The first-order valence-electron chi connectivity index (χ1n) is 11.4. The fraction of sp³-hybridized carbons (Fsp3) is 0.400. The molecule has 6 nitrogen and oxygen atoms in total. The standard InChI is InChI=1S/C25H28F3N5O.2H2S/c1-15-13-21(14-23(29-15)25(26,27)28)30-19-6-8-20(9-7-19)31-24(34)18-4-10-22(11-5-18)33-17(3)12-16(2)32-33;;/h4-5,10-14,19-20H,6-9H2,1-3H3,(H,29,30)(H,31,34);2*1H2. The third kappa shape index (κ3) is 7.19. The average Bonchev–Trinajstić information content (AvgIpc) is 3.12. The van der Waals surface area contributed by atoms with Crippen LogP contribution in [0.15, 0.2) is 42.5 Å². The Balaban J connectivity index is 0.00000228. The molecule has 0 radical (unpaired) electrons. The lowest BCUT2D eigenvalue weighted by molar-refractivity contribution is -0.141. The van der Waals surface area contributed by atoms with Gasteiger partial charge in [0.05, 0.1) is 11.4 Å². The van der Waals surface area contributed by atoms with Crippen molar-refractivity contribution in [3.05, 3.63) is 70.8 Å². The fourth-order valence-corrected chi connectivity index (χ4v) is 4.43. The number of aryl methyl sites for hydroxylation is 3. The van der Waals surface area contributed by atoms with Gasteiger partial charge in [-0.3, -0.25) is 4.79 Å². The Morgan fingerprint density at radius 2 is 1.53 bits per heavy atom. The second-order valence-electron chi connectivity index (χ2n) is 8.93. The number of nitrogens with zero attached hydrogens (tertiary/aromatic N) is 3. The second-order valence-corrected chi connectivity index (χ2v) is 8.93. The van der Waals surface area contributed by atoms with Gasteiger partial charge in [-0.1, -0.05) is 0 Å². The summed E-state index contributed by atoms with van der Waals surface area (Å²) < 4.78 is 40.9. The quantitative estimate of drug-likeness (QED) is 0.444. The van der Waals surface area contributed by atoms with E-state index in [9.17, 15) is 18.0 Å². The predicted octanol–water partition coefficient (Wildman–Crippen LogP) is 5.59. The van der Waals surface area contributed by atoms with Gasteiger partial charge in [-0.2, -0.15) is 45.3 Å². The maximum absolute atomic E-state index is 13.0. The minimum Gasteiger partial charge on any atom is -0.382 e. The van der Waals surface area contributed by atoms with E-state index < -0.39 is 11.9 Å². The monoisotopic (exact) mass is 539 g/mol. The number of benzene rings is 1. The number of hydrogen-bond acceptors (Lipinski definition) is 4. The number of pyridine rings is 1. The summed E-state index contributed by atoms with van der Waals surface area (Å²) in [7, 11) is 0. The van der Waals surface area contributed by atoms with Gasteiger partial charge < -0.3 is 10.6 Å². The molecule has 2 heterocycles. The maximum atomic E-state index is 13.0. The van der Waals surface area contributed by atoms with E-state index >= 15 is 0 Å². The Bertz CT molecular complexity index is 1170. The van der Waals surface area contributed by atoms with E-state index in [1.165, 1.54) is 0 Å². The SMILES string of the molecule is Cc1cc(NC2CCC(NC(=O)c3ccc(-n4nc(C)cc4C)cc3)CC2)cc(C(F)(F)F)n1.S.S. The Labute approximate surface area is 223 Å². The molecular weight excluding hydrogens is 507 g/mol. The van der Waals surface area contributed by atoms with Gasteiger partial charge in [-0.05, 0) is 88.9 Å². The topological polar surface area (TPSA) is 71.8 Å². The van der Waals surface area contributed by atoms with Crippen LogP contribution in [0, 0.1) is 20.8 Å². The van der Waals surface area contributed by atoms with Crippen molar-refractivity contribution in [2.75, 3.05) is 5.32 Å². The molecule has 1 amide bonds. The number of halogens is 3. The van der Waals surface area contributed by atoms with E-state index in [2.05, 4.69) is 20.7 Å². The van der Waals surface area contributed by atoms with E-state index in [1.54, 1.807) is 25.1 Å². The van der Waals surface area contributed by atoms with Crippen molar-refractivity contribution in [2.45, 2.75) is 64.7 Å². The minimum absolute atomic E-state index is 0. The van der Waals surface area contributed by atoms with Crippen LogP contribution in [-0.2, 0) is 6.18 Å². The highest BCUT2D eigenvalue weighted by Gasteiger charge is 2.33. The summed E-state index contributed by atoms with van der Waals surface area (Å²) in [6, 6.07) is 12.1. The predicted molar refractivity (Wildman–Crippen MR) is 145 cm³/mol. The molecule has 0 unspecified atom stereocenters. The minimum atomic E-state index is -4.47. The number of aromatic nitrogens is 3. The van der Waals surface area contributed by atoms with Crippen molar-refractivity contribution in [1.29, 1.82) is 0 Å². The number of amides is 1. The van der Waals surface area contributed by atoms with Crippen molar-refractivity contribution in [3.63, 3.8) is 0 Å². The first kappa shape index (κ1) is 29.6. The summed E-state index contributed by atoms with van der Waals surface area (Å²) >= 11 is 0.